The van der Waals surface area contributed by atoms with Gasteiger partial charge in [0.1, 0.15) is 5.75 Å². The van der Waals surface area contributed by atoms with Crippen molar-refractivity contribution in [1.29, 1.82) is 0 Å². The van der Waals surface area contributed by atoms with Crippen molar-refractivity contribution in [3.8, 4) is 5.75 Å². The van der Waals surface area contributed by atoms with Crippen LogP contribution in [0, 0.1) is 0 Å². The number of rotatable bonds is 9. The van der Waals surface area contributed by atoms with Crippen molar-refractivity contribution in [1.82, 2.24) is 15.6 Å². The summed E-state index contributed by atoms with van der Waals surface area (Å²) in [4.78, 5) is 15.1. The summed E-state index contributed by atoms with van der Waals surface area (Å²) in [7, 11) is 1.82. The summed E-state index contributed by atoms with van der Waals surface area (Å²) in [6.07, 6.45) is -7.76. The fourth-order valence-electron chi connectivity index (χ4n) is 4.08. The average Bonchev–Trinajstić information content (AvgIpc) is 2.82. The molecule has 0 bridgehead atoms. The third-order valence-electron chi connectivity index (χ3n) is 5.78. The Balaban J connectivity index is 1.77. The number of hydrogen-bond acceptors (Lipinski definition) is 6. The second-order valence-electron chi connectivity index (χ2n) is 8.45. The second kappa shape index (κ2) is 12.3. The monoisotopic (exact) mass is 550 g/mol. The molecule has 0 radical (unpaired) electrons. The number of amides is 1. The van der Waals surface area contributed by atoms with Crippen molar-refractivity contribution in [2.45, 2.75) is 49.8 Å². The highest BCUT2D eigenvalue weighted by atomic mass is 32.2. The van der Waals surface area contributed by atoms with Gasteiger partial charge in [-0.2, -0.15) is 13.2 Å². The molecule has 1 fully saturated rings. The molecule has 1 amide bonds. The van der Waals surface area contributed by atoms with Gasteiger partial charge in [0, 0.05) is 35.7 Å². The first-order valence-corrected chi connectivity index (χ1v) is 12.6. The zero-order valence-corrected chi connectivity index (χ0v) is 21.0. The van der Waals surface area contributed by atoms with Crippen LogP contribution >= 0.6 is 11.8 Å². The Hall–Kier alpha value is -2.64. The molecule has 0 spiro atoms. The molecule has 0 unspecified atom stereocenters. The number of nitrogens with zero attached hydrogens (tertiary/aromatic N) is 1. The van der Waals surface area contributed by atoms with Crippen LogP contribution in [-0.4, -0.2) is 49.1 Å². The summed E-state index contributed by atoms with van der Waals surface area (Å²) in [5.41, 5.74) is 3.80. The van der Waals surface area contributed by atoms with Crippen molar-refractivity contribution < 1.29 is 35.9 Å². The molecule has 0 aliphatic carbocycles. The lowest BCUT2D eigenvalue weighted by molar-refractivity contribution is -0.274. The normalized spacial score (nSPS) is 16.9. The van der Waals surface area contributed by atoms with E-state index in [1.54, 1.807) is 0 Å². The van der Waals surface area contributed by atoms with Crippen LogP contribution in [0.4, 0.5) is 32.0 Å². The molecule has 2 aromatic rings. The van der Waals surface area contributed by atoms with Gasteiger partial charge in [0.25, 0.3) is 5.91 Å². The number of carbonyl (C=O) groups is 1. The van der Waals surface area contributed by atoms with Crippen molar-refractivity contribution in [2.24, 2.45) is 0 Å². The summed E-state index contributed by atoms with van der Waals surface area (Å²) < 4.78 is 83.3. The smallest absolute Gasteiger partial charge is 0.406 e. The lowest BCUT2D eigenvalue weighted by Crippen LogP contribution is -2.44. The first-order valence-electron chi connectivity index (χ1n) is 11.6. The number of halogens is 6. The maximum Gasteiger partial charge on any atom is 0.573 e. The molecule has 0 aromatic heterocycles. The van der Waals surface area contributed by atoms with Crippen LogP contribution in [0.2, 0.25) is 0 Å². The van der Waals surface area contributed by atoms with Gasteiger partial charge >= 0.3 is 12.5 Å². The van der Waals surface area contributed by atoms with Gasteiger partial charge in [-0.3, -0.25) is 20.5 Å². The molecule has 2 aromatic carbocycles. The molecule has 1 heterocycles. The minimum atomic E-state index is -4.90. The molecule has 1 aliphatic rings. The zero-order valence-electron chi connectivity index (χ0n) is 20.2. The Morgan fingerprint density at radius 3 is 2.54 bits per heavy atom. The van der Waals surface area contributed by atoms with Crippen molar-refractivity contribution >= 4 is 23.4 Å². The standard InChI is InChI=1S/C24H28F6N4O2S/c1-3-37-21-9-8-18(36-24(28,29)30)12-20(21)32-33-22(35)15-6-7-16(19(11-15)23(25,26)27)13-34-10-4-5-17(14-34)31-2/h6-9,11-12,17,31-32H,3-5,10,13-14H2,1-2H3,(H,33,35)/t17-/m0/s1. The van der Waals surface area contributed by atoms with E-state index >= 15 is 0 Å². The molecule has 13 heteroatoms. The lowest BCUT2D eigenvalue weighted by atomic mass is 10.0. The van der Waals surface area contributed by atoms with Gasteiger partial charge in [-0.15, -0.1) is 24.9 Å². The summed E-state index contributed by atoms with van der Waals surface area (Å²) in [6.45, 7) is 3.22. The van der Waals surface area contributed by atoms with Crippen LogP contribution in [0.25, 0.3) is 0 Å². The molecular formula is C24H28F6N4O2S. The third-order valence-corrected chi connectivity index (χ3v) is 6.74. The molecule has 6 nitrogen and oxygen atoms in total. The van der Waals surface area contributed by atoms with Crippen LogP contribution in [-0.2, 0) is 12.7 Å². The Morgan fingerprint density at radius 1 is 1.14 bits per heavy atom. The van der Waals surface area contributed by atoms with E-state index in [1.165, 1.54) is 30.0 Å². The molecule has 1 aliphatic heterocycles. The highest BCUT2D eigenvalue weighted by molar-refractivity contribution is 7.99. The van der Waals surface area contributed by atoms with E-state index < -0.39 is 29.8 Å². The number of ether oxygens (including phenoxy) is 1. The summed E-state index contributed by atoms with van der Waals surface area (Å²) in [5, 5.41) is 3.15. The number of likely N-dealkylation sites (tertiary alicyclic amines) is 1. The quantitative estimate of drug-likeness (QED) is 0.213. The molecular weight excluding hydrogens is 522 g/mol. The first kappa shape index (κ1) is 28.9. The number of alkyl halides is 6. The molecule has 3 rings (SSSR count). The van der Waals surface area contributed by atoms with Crippen LogP contribution in [0.1, 0.15) is 41.3 Å². The van der Waals surface area contributed by atoms with Gasteiger partial charge < -0.3 is 10.1 Å². The first-order chi connectivity index (χ1) is 17.4. The van der Waals surface area contributed by atoms with Gasteiger partial charge in [-0.25, -0.2) is 0 Å². The second-order valence-corrected chi connectivity index (χ2v) is 9.76. The highest BCUT2D eigenvalue weighted by Gasteiger charge is 2.35. The van der Waals surface area contributed by atoms with E-state index in [-0.39, 0.29) is 29.4 Å². The fraction of sp³-hybridized carbons (Fsp3) is 0.458. The van der Waals surface area contributed by atoms with Crippen molar-refractivity contribution in [3.05, 3.63) is 53.1 Å². The van der Waals surface area contributed by atoms with Crippen LogP contribution in [0.15, 0.2) is 41.3 Å². The Bertz CT molecular complexity index is 1080. The van der Waals surface area contributed by atoms with Crippen LogP contribution in [0.5, 0.6) is 5.75 Å². The minimum absolute atomic E-state index is 0.0624. The van der Waals surface area contributed by atoms with E-state index in [0.717, 1.165) is 31.0 Å². The average molecular weight is 551 g/mol. The number of likely N-dealkylation sites (N-methyl/N-ethyl adjacent to an activating group) is 1. The van der Waals surface area contributed by atoms with Gasteiger partial charge in [0.05, 0.1) is 11.3 Å². The SMILES string of the molecule is CCSc1ccc(OC(F)(F)F)cc1NNC(=O)c1ccc(CN2CCC[C@H](NC)C2)c(C(F)(F)F)c1. The summed E-state index contributed by atoms with van der Waals surface area (Å²) in [6, 6.07) is 7.15. The lowest BCUT2D eigenvalue weighted by Gasteiger charge is -2.33. The summed E-state index contributed by atoms with van der Waals surface area (Å²) in [5.74, 6) is -0.795. The molecule has 204 valence electrons. The van der Waals surface area contributed by atoms with E-state index in [4.69, 9.17) is 0 Å². The molecule has 37 heavy (non-hydrogen) atoms. The third kappa shape index (κ3) is 8.44. The minimum Gasteiger partial charge on any atom is -0.406 e. The number of hydrogen-bond donors (Lipinski definition) is 3. The van der Waals surface area contributed by atoms with E-state index in [9.17, 15) is 31.1 Å². The predicted molar refractivity (Wildman–Crippen MR) is 129 cm³/mol. The number of carbonyl (C=O) groups excluding carboxylic acids is 1. The van der Waals surface area contributed by atoms with Crippen molar-refractivity contribution in [3.63, 3.8) is 0 Å². The zero-order chi connectivity index (χ0) is 27.2. The Kier molecular flexibility index (Phi) is 9.59. The van der Waals surface area contributed by atoms with Gasteiger partial charge in [0.15, 0.2) is 0 Å². The molecule has 0 saturated carbocycles. The fourth-order valence-corrected chi connectivity index (χ4v) is 4.82. The van der Waals surface area contributed by atoms with Gasteiger partial charge in [-0.1, -0.05) is 13.0 Å². The predicted octanol–water partition coefficient (Wildman–Crippen LogP) is 5.66. The molecule has 3 N–H and O–H groups in total. The molecule has 1 atom stereocenters. The topological polar surface area (TPSA) is 65.6 Å². The maximum atomic E-state index is 13.9. The summed E-state index contributed by atoms with van der Waals surface area (Å²) >= 11 is 1.29. The highest BCUT2D eigenvalue weighted by Crippen LogP contribution is 2.35. The largest absolute Gasteiger partial charge is 0.573 e. The number of hydrazine groups is 1. The van der Waals surface area contributed by atoms with Gasteiger partial charge in [0.2, 0.25) is 0 Å². The Morgan fingerprint density at radius 2 is 1.89 bits per heavy atom. The molecule has 1 saturated heterocycles. The number of benzene rings is 2. The van der Waals surface area contributed by atoms with Gasteiger partial charge in [-0.05, 0) is 62.0 Å². The van der Waals surface area contributed by atoms with E-state index in [0.29, 0.717) is 23.7 Å². The van der Waals surface area contributed by atoms with E-state index in [1.807, 2.05) is 18.9 Å². The number of thioether (sulfide) groups is 1. The van der Waals surface area contributed by atoms with Crippen LogP contribution < -0.4 is 20.9 Å². The van der Waals surface area contributed by atoms with Crippen molar-refractivity contribution in [2.75, 3.05) is 31.3 Å². The number of anilines is 1. The number of piperidine rings is 1. The van der Waals surface area contributed by atoms with Crippen LogP contribution in [0.3, 0.4) is 0 Å². The number of nitrogens with one attached hydrogen (secondary N) is 3. The van der Waals surface area contributed by atoms with E-state index in [2.05, 4.69) is 20.9 Å². The Labute approximate surface area is 215 Å². The maximum absolute atomic E-state index is 13.9.